The van der Waals surface area contributed by atoms with E-state index in [0.29, 0.717) is 19.1 Å². The number of rotatable bonds is 6. The maximum Gasteiger partial charge on any atom is 0.389 e. The Labute approximate surface area is 81.7 Å². The molecule has 0 aromatic rings. The molecule has 0 bridgehead atoms. The van der Waals surface area contributed by atoms with Crippen LogP contribution in [-0.4, -0.2) is 41.9 Å². The lowest BCUT2D eigenvalue weighted by atomic mass is 10.3. The lowest BCUT2D eigenvalue weighted by molar-refractivity contribution is -0.136. The molecule has 14 heavy (non-hydrogen) atoms. The van der Waals surface area contributed by atoms with Gasteiger partial charge in [0.1, 0.15) is 0 Å². The SMILES string of the molecule is OCCN(CCCC(F)(F)F)C1CC1. The van der Waals surface area contributed by atoms with Crippen LogP contribution in [0.2, 0.25) is 0 Å². The van der Waals surface area contributed by atoms with Crippen molar-refractivity contribution in [2.75, 3.05) is 19.7 Å². The molecule has 2 nitrogen and oxygen atoms in total. The first kappa shape index (κ1) is 11.8. The van der Waals surface area contributed by atoms with Crippen LogP contribution in [0.3, 0.4) is 0 Å². The van der Waals surface area contributed by atoms with Gasteiger partial charge in [0.25, 0.3) is 0 Å². The van der Waals surface area contributed by atoms with E-state index in [2.05, 4.69) is 0 Å². The van der Waals surface area contributed by atoms with Crippen molar-refractivity contribution < 1.29 is 18.3 Å². The van der Waals surface area contributed by atoms with Gasteiger partial charge in [-0.15, -0.1) is 0 Å². The summed E-state index contributed by atoms with van der Waals surface area (Å²) in [6, 6.07) is 0.426. The van der Waals surface area contributed by atoms with E-state index in [1.54, 1.807) is 0 Å². The van der Waals surface area contributed by atoms with Crippen molar-refractivity contribution in [3.63, 3.8) is 0 Å². The topological polar surface area (TPSA) is 23.5 Å². The molecule has 0 aliphatic heterocycles. The monoisotopic (exact) mass is 211 g/mol. The van der Waals surface area contributed by atoms with E-state index in [-0.39, 0.29) is 13.0 Å². The summed E-state index contributed by atoms with van der Waals surface area (Å²) in [6.45, 7) is 0.982. The summed E-state index contributed by atoms with van der Waals surface area (Å²) < 4.78 is 35.5. The lowest BCUT2D eigenvalue weighted by Gasteiger charge is -2.20. The van der Waals surface area contributed by atoms with Gasteiger partial charge in [0.2, 0.25) is 0 Å². The van der Waals surface area contributed by atoms with Gasteiger partial charge in [0.15, 0.2) is 0 Å². The zero-order chi connectivity index (χ0) is 10.6. The van der Waals surface area contributed by atoms with Crippen LogP contribution < -0.4 is 0 Å². The predicted molar refractivity (Wildman–Crippen MR) is 47.0 cm³/mol. The molecule has 0 aromatic heterocycles. The number of aliphatic hydroxyl groups is 1. The van der Waals surface area contributed by atoms with Gasteiger partial charge in [0, 0.05) is 19.0 Å². The van der Waals surface area contributed by atoms with E-state index in [0.717, 1.165) is 12.8 Å². The minimum atomic E-state index is -4.05. The first-order chi connectivity index (χ1) is 6.53. The predicted octanol–water partition coefficient (Wildman–Crippen LogP) is 1.79. The highest BCUT2D eigenvalue weighted by atomic mass is 19.4. The van der Waals surface area contributed by atoms with E-state index in [1.807, 2.05) is 4.90 Å². The Morgan fingerprint density at radius 3 is 2.29 bits per heavy atom. The molecule has 1 rings (SSSR count). The van der Waals surface area contributed by atoms with Crippen LogP contribution in [0, 0.1) is 0 Å². The zero-order valence-electron chi connectivity index (χ0n) is 8.06. The normalized spacial score (nSPS) is 17.8. The molecule has 0 heterocycles. The van der Waals surface area contributed by atoms with Crippen LogP contribution in [0.4, 0.5) is 13.2 Å². The Kier molecular flexibility index (Phi) is 4.19. The van der Waals surface area contributed by atoms with Crippen LogP contribution in [0.15, 0.2) is 0 Å². The highest BCUT2D eigenvalue weighted by Gasteiger charge is 2.30. The maximum absolute atomic E-state index is 11.8. The standard InChI is InChI=1S/C9H16F3NO/c10-9(11,12)4-1-5-13(6-7-14)8-2-3-8/h8,14H,1-7H2. The lowest BCUT2D eigenvalue weighted by Crippen LogP contribution is -2.30. The zero-order valence-corrected chi connectivity index (χ0v) is 8.06. The molecular formula is C9H16F3NO. The number of alkyl halides is 3. The van der Waals surface area contributed by atoms with E-state index >= 15 is 0 Å². The van der Waals surface area contributed by atoms with Crippen LogP contribution in [0.1, 0.15) is 25.7 Å². The summed E-state index contributed by atoms with van der Waals surface area (Å²) in [5, 5.41) is 8.71. The fourth-order valence-electron chi connectivity index (χ4n) is 1.53. The van der Waals surface area contributed by atoms with Crippen molar-refractivity contribution in [3.8, 4) is 0 Å². The van der Waals surface area contributed by atoms with Crippen molar-refractivity contribution in [2.24, 2.45) is 0 Å². The number of aliphatic hydroxyl groups excluding tert-OH is 1. The Hall–Kier alpha value is -0.290. The van der Waals surface area contributed by atoms with E-state index < -0.39 is 12.6 Å². The summed E-state index contributed by atoms with van der Waals surface area (Å²) in [5.74, 6) is 0. The van der Waals surface area contributed by atoms with Crippen molar-refractivity contribution >= 4 is 0 Å². The summed E-state index contributed by atoms with van der Waals surface area (Å²) in [5.41, 5.74) is 0. The largest absolute Gasteiger partial charge is 0.395 e. The van der Waals surface area contributed by atoms with Crippen LogP contribution in [-0.2, 0) is 0 Å². The molecular weight excluding hydrogens is 195 g/mol. The Morgan fingerprint density at radius 2 is 1.86 bits per heavy atom. The average molecular weight is 211 g/mol. The fourth-order valence-corrected chi connectivity index (χ4v) is 1.53. The molecule has 1 fully saturated rings. The number of hydrogen-bond donors (Lipinski definition) is 1. The van der Waals surface area contributed by atoms with Crippen LogP contribution in [0.25, 0.3) is 0 Å². The minimum absolute atomic E-state index is 0.0303. The first-order valence-corrected chi connectivity index (χ1v) is 4.94. The molecule has 1 N–H and O–H groups in total. The molecule has 0 radical (unpaired) electrons. The maximum atomic E-state index is 11.8. The highest BCUT2D eigenvalue weighted by molar-refractivity contribution is 4.84. The van der Waals surface area contributed by atoms with Crippen molar-refractivity contribution in [1.29, 1.82) is 0 Å². The molecule has 1 aliphatic carbocycles. The quantitative estimate of drug-likeness (QED) is 0.724. The third kappa shape index (κ3) is 4.81. The molecule has 0 amide bonds. The highest BCUT2D eigenvalue weighted by Crippen LogP contribution is 2.28. The molecule has 0 atom stereocenters. The molecule has 0 saturated heterocycles. The van der Waals surface area contributed by atoms with Gasteiger partial charge in [-0.2, -0.15) is 13.2 Å². The molecule has 0 aromatic carbocycles. The van der Waals surface area contributed by atoms with Gasteiger partial charge in [0.05, 0.1) is 6.61 Å². The van der Waals surface area contributed by atoms with E-state index in [4.69, 9.17) is 5.11 Å². The molecule has 0 spiro atoms. The summed E-state index contributed by atoms with van der Waals surface area (Å²) in [7, 11) is 0. The second-order valence-electron chi connectivity index (χ2n) is 3.71. The van der Waals surface area contributed by atoms with Gasteiger partial charge < -0.3 is 5.11 Å². The third-order valence-electron chi connectivity index (χ3n) is 2.36. The molecule has 5 heteroatoms. The Balaban J connectivity index is 2.13. The number of hydrogen-bond acceptors (Lipinski definition) is 2. The smallest absolute Gasteiger partial charge is 0.389 e. The third-order valence-corrected chi connectivity index (χ3v) is 2.36. The van der Waals surface area contributed by atoms with Crippen molar-refractivity contribution in [1.82, 2.24) is 4.90 Å². The second kappa shape index (κ2) is 4.98. The molecule has 1 aliphatic rings. The van der Waals surface area contributed by atoms with Crippen LogP contribution in [0.5, 0.6) is 0 Å². The van der Waals surface area contributed by atoms with E-state index in [9.17, 15) is 13.2 Å². The van der Waals surface area contributed by atoms with Gasteiger partial charge in [-0.25, -0.2) is 0 Å². The van der Waals surface area contributed by atoms with E-state index in [1.165, 1.54) is 0 Å². The number of nitrogens with zero attached hydrogens (tertiary/aromatic N) is 1. The summed E-state index contributed by atoms with van der Waals surface area (Å²) in [6.07, 6.45) is -2.51. The molecule has 0 unspecified atom stereocenters. The fraction of sp³-hybridized carbons (Fsp3) is 1.00. The van der Waals surface area contributed by atoms with Crippen molar-refractivity contribution in [2.45, 2.75) is 37.9 Å². The second-order valence-corrected chi connectivity index (χ2v) is 3.71. The molecule has 84 valence electrons. The van der Waals surface area contributed by atoms with Crippen LogP contribution >= 0.6 is 0 Å². The van der Waals surface area contributed by atoms with Gasteiger partial charge in [-0.05, 0) is 25.8 Å². The van der Waals surface area contributed by atoms with Gasteiger partial charge >= 0.3 is 6.18 Å². The van der Waals surface area contributed by atoms with Gasteiger partial charge in [-0.1, -0.05) is 0 Å². The van der Waals surface area contributed by atoms with Gasteiger partial charge in [-0.3, -0.25) is 4.90 Å². The van der Waals surface area contributed by atoms with Crippen molar-refractivity contribution in [3.05, 3.63) is 0 Å². The summed E-state index contributed by atoms with van der Waals surface area (Å²) >= 11 is 0. The minimum Gasteiger partial charge on any atom is -0.395 e. The first-order valence-electron chi connectivity index (χ1n) is 4.94. The number of halogens is 3. The Morgan fingerprint density at radius 1 is 1.21 bits per heavy atom. The average Bonchev–Trinajstić information content (AvgIpc) is 2.83. The molecule has 1 saturated carbocycles. The summed E-state index contributed by atoms with van der Waals surface area (Å²) in [4.78, 5) is 1.95. The Bertz CT molecular complexity index is 168.